The fourth-order valence-corrected chi connectivity index (χ4v) is 5.11. The molecule has 0 aromatic heterocycles. The van der Waals surface area contributed by atoms with Crippen LogP contribution in [0.5, 0.6) is 0 Å². The summed E-state index contributed by atoms with van der Waals surface area (Å²) >= 11 is 3.27. The normalized spacial score (nSPS) is 16.5. The van der Waals surface area contributed by atoms with Crippen molar-refractivity contribution in [2.75, 3.05) is 6.54 Å². The first kappa shape index (κ1) is 16.5. The van der Waals surface area contributed by atoms with Gasteiger partial charge in [-0.15, -0.1) is 0 Å². The van der Waals surface area contributed by atoms with Crippen molar-refractivity contribution < 1.29 is 18.3 Å². The van der Waals surface area contributed by atoms with E-state index in [9.17, 15) is 13.2 Å². The third-order valence-electron chi connectivity index (χ3n) is 3.76. The van der Waals surface area contributed by atoms with E-state index in [-0.39, 0.29) is 10.9 Å². The molecule has 0 aliphatic heterocycles. The van der Waals surface area contributed by atoms with Crippen molar-refractivity contribution in [3.8, 4) is 0 Å². The van der Waals surface area contributed by atoms with Gasteiger partial charge in [-0.05, 0) is 37.5 Å². The Labute approximate surface area is 133 Å². The zero-order chi connectivity index (χ0) is 15.6. The van der Waals surface area contributed by atoms with Gasteiger partial charge in [0.2, 0.25) is 10.0 Å². The monoisotopic (exact) mass is 375 g/mol. The van der Waals surface area contributed by atoms with Crippen molar-refractivity contribution in [2.45, 2.75) is 43.5 Å². The molecule has 0 unspecified atom stereocenters. The smallest absolute Gasteiger partial charge is 0.318 e. The number of rotatable bonds is 5. The van der Waals surface area contributed by atoms with E-state index < -0.39 is 22.5 Å². The summed E-state index contributed by atoms with van der Waals surface area (Å²) < 4.78 is 27.5. The Hall–Kier alpha value is -0.920. The summed E-state index contributed by atoms with van der Waals surface area (Å²) in [5.41, 5.74) is 0.617. The van der Waals surface area contributed by atoms with Crippen molar-refractivity contribution >= 4 is 31.9 Å². The molecule has 0 heterocycles. The number of nitrogens with zero attached hydrogens (tertiary/aromatic N) is 1. The van der Waals surface area contributed by atoms with Gasteiger partial charge in [0.25, 0.3) is 0 Å². The minimum atomic E-state index is -3.81. The number of carboxylic acid groups (broad SMARTS) is 1. The first-order valence-corrected chi connectivity index (χ1v) is 9.05. The van der Waals surface area contributed by atoms with Crippen LogP contribution in [0.15, 0.2) is 27.6 Å². The van der Waals surface area contributed by atoms with E-state index >= 15 is 0 Å². The number of sulfonamides is 1. The summed E-state index contributed by atoms with van der Waals surface area (Å²) in [4.78, 5) is 11.3. The van der Waals surface area contributed by atoms with E-state index in [1.165, 1.54) is 6.07 Å². The van der Waals surface area contributed by atoms with Crippen LogP contribution in [0.2, 0.25) is 0 Å². The number of hydrogen-bond acceptors (Lipinski definition) is 3. The maximum atomic E-state index is 12.9. The minimum Gasteiger partial charge on any atom is -0.480 e. The quantitative estimate of drug-likeness (QED) is 0.858. The summed E-state index contributed by atoms with van der Waals surface area (Å²) in [5.74, 6) is -1.13. The van der Waals surface area contributed by atoms with E-state index in [2.05, 4.69) is 15.9 Å². The molecule has 5 nitrogen and oxygen atoms in total. The standard InChI is InChI=1S/C14H18BrNO4S/c1-10-6-7-11(15)8-13(10)21(19,20)16(9-14(17)18)12-4-2-3-5-12/h6-8,12H,2-5,9H2,1H3,(H,17,18). The van der Waals surface area contributed by atoms with Gasteiger partial charge in [-0.3, -0.25) is 4.79 Å². The van der Waals surface area contributed by atoms with Crippen molar-refractivity contribution in [3.05, 3.63) is 28.2 Å². The van der Waals surface area contributed by atoms with Crippen LogP contribution in [0.4, 0.5) is 0 Å². The van der Waals surface area contributed by atoms with Gasteiger partial charge in [0, 0.05) is 10.5 Å². The van der Waals surface area contributed by atoms with Crippen LogP contribution >= 0.6 is 15.9 Å². The number of hydrogen-bond donors (Lipinski definition) is 1. The molecule has 1 N–H and O–H groups in total. The Balaban J connectivity index is 2.45. The third-order valence-corrected chi connectivity index (χ3v) is 6.29. The SMILES string of the molecule is Cc1ccc(Br)cc1S(=O)(=O)N(CC(=O)O)C1CCCC1. The molecule has 1 aliphatic carbocycles. The highest BCUT2D eigenvalue weighted by molar-refractivity contribution is 9.10. The van der Waals surface area contributed by atoms with E-state index in [0.29, 0.717) is 10.0 Å². The van der Waals surface area contributed by atoms with E-state index in [1.807, 2.05) is 0 Å². The molecule has 0 spiro atoms. The van der Waals surface area contributed by atoms with Crippen molar-refractivity contribution in [3.63, 3.8) is 0 Å². The number of carboxylic acids is 1. The van der Waals surface area contributed by atoms with Gasteiger partial charge in [-0.25, -0.2) is 8.42 Å². The molecule has 21 heavy (non-hydrogen) atoms. The lowest BCUT2D eigenvalue weighted by Crippen LogP contribution is -2.42. The fourth-order valence-electron chi connectivity index (χ4n) is 2.71. The molecular weight excluding hydrogens is 358 g/mol. The molecule has 0 saturated heterocycles. The van der Waals surface area contributed by atoms with Crippen LogP contribution in [0.25, 0.3) is 0 Å². The van der Waals surface area contributed by atoms with Gasteiger partial charge in [0.15, 0.2) is 0 Å². The second kappa shape index (κ2) is 6.46. The molecular formula is C14H18BrNO4S. The van der Waals surface area contributed by atoms with Gasteiger partial charge in [-0.1, -0.05) is 34.8 Å². The van der Waals surface area contributed by atoms with Gasteiger partial charge in [-0.2, -0.15) is 4.31 Å². The zero-order valence-electron chi connectivity index (χ0n) is 11.8. The van der Waals surface area contributed by atoms with Gasteiger partial charge >= 0.3 is 5.97 Å². The first-order valence-electron chi connectivity index (χ1n) is 6.82. The summed E-state index contributed by atoms with van der Waals surface area (Å²) in [5, 5.41) is 9.06. The van der Waals surface area contributed by atoms with Gasteiger partial charge < -0.3 is 5.11 Å². The van der Waals surface area contributed by atoms with Crippen LogP contribution in [0.3, 0.4) is 0 Å². The Bertz CT molecular complexity index is 638. The molecule has 1 saturated carbocycles. The van der Waals surface area contributed by atoms with Crippen LogP contribution in [-0.2, 0) is 14.8 Å². The molecule has 0 bridgehead atoms. The van der Waals surface area contributed by atoms with Crippen LogP contribution in [0.1, 0.15) is 31.2 Å². The van der Waals surface area contributed by atoms with E-state index in [0.717, 1.165) is 30.0 Å². The molecule has 2 rings (SSSR count). The summed E-state index contributed by atoms with van der Waals surface area (Å²) in [6, 6.07) is 4.80. The fraction of sp³-hybridized carbons (Fsp3) is 0.500. The first-order chi connectivity index (χ1) is 9.82. The largest absolute Gasteiger partial charge is 0.480 e. The molecule has 1 aromatic rings. The average Bonchev–Trinajstić information content (AvgIpc) is 2.92. The van der Waals surface area contributed by atoms with Gasteiger partial charge in [0.1, 0.15) is 6.54 Å². The maximum Gasteiger partial charge on any atom is 0.318 e. The Morgan fingerprint density at radius 2 is 2.00 bits per heavy atom. The third kappa shape index (κ3) is 3.64. The average molecular weight is 376 g/mol. The van der Waals surface area contributed by atoms with Crippen molar-refractivity contribution in [2.24, 2.45) is 0 Å². The van der Waals surface area contributed by atoms with E-state index in [1.54, 1.807) is 19.1 Å². The second-order valence-corrected chi connectivity index (χ2v) is 8.07. The molecule has 1 fully saturated rings. The lowest BCUT2D eigenvalue weighted by atomic mass is 10.2. The molecule has 1 aliphatic rings. The Morgan fingerprint density at radius 1 is 1.38 bits per heavy atom. The maximum absolute atomic E-state index is 12.9. The topological polar surface area (TPSA) is 74.7 Å². The summed E-state index contributed by atoms with van der Waals surface area (Å²) in [6.45, 7) is 1.23. The highest BCUT2D eigenvalue weighted by Gasteiger charge is 2.35. The minimum absolute atomic E-state index is 0.171. The molecule has 0 amide bonds. The number of benzene rings is 1. The van der Waals surface area contributed by atoms with Gasteiger partial charge in [0.05, 0.1) is 4.90 Å². The highest BCUT2D eigenvalue weighted by atomic mass is 79.9. The Kier molecular flexibility index (Phi) is 5.06. The molecule has 7 heteroatoms. The summed E-state index contributed by atoms with van der Waals surface area (Å²) in [7, 11) is -3.81. The predicted octanol–water partition coefficient (Wildman–Crippen LogP) is 2.78. The van der Waals surface area contributed by atoms with Crippen LogP contribution in [0, 0.1) is 6.92 Å². The number of carbonyl (C=O) groups is 1. The molecule has 0 atom stereocenters. The number of halogens is 1. The summed E-state index contributed by atoms with van der Waals surface area (Å²) in [6.07, 6.45) is 3.32. The zero-order valence-corrected chi connectivity index (χ0v) is 14.2. The molecule has 116 valence electrons. The highest BCUT2D eigenvalue weighted by Crippen LogP contribution is 2.30. The number of aryl methyl sites for hydroxylation is 1. The lowest BCUT2D eigenvalue weighted by Gasteiger charge is -2.27. The molecule has 0 radical (unpaired) electrons. The second-order valence-electron chi connectivity index (χ2n) is 5.29. The lowest BCUT2D eigenvalue weighted by molar-refractivity contribution is -0.137. The molecule has 1 aromatic carbocycles. The van der Waals surface area contributed by atoms with Crippen LogP contribution < -0.4 is 0 Å². The Morgan fingerprint density at radius 3 is 2.57 bits per heavy atom. The predicted molar refractivity (Wildman–Crippen MR) is 82.7 cm³/mol. The van der Waals surface area contributed by atoms with E-state index in [4.69, 9.17) is 5.11 Å². The van der Waals surface area contributed by atoms with Crippen molar-refractivity contribution in [1.82, 2.24) is 4.31 Å². The van der Waals surface area contributed by atoms with Crippen molar-refractivity contribution in [1.29, 1.82) is 0 Å². The van der Waals surface area contributed by atoms with Crippen LogP contribution in [-0.4, -0.2) is 36.4 Å². The number of aliphatic carboxylic acids is 1.